The van der Waals surface area contributed by atoms with Crippen LogP contribution in [-0.2, 0) is 28.5 Å². The fourth-order valence-electron chi connectivity index (χ4n) is 7.56. The van der Waals surface area contributed by atoms with Crippen molar-refractivity contribution in [1.29, 1.82) is 0 Å². The van der Waals surface area contributed by atoms with Crippen LogP contribution in [0, 0.1) is 0 Å². The third kappa shape index (κ3) is 26.6. The van der Waals surface area contributed by atoms with Crippen LogP contribution in [-0.4, -0.2) is 84.7 Å². The standard InChI is InChI=1S/C50H88N2O8/c1-3-5-7-9-11-13-15-17-19-21-23-25-27-29-31-37-47(55)59-43-49(39-53)41-57-45(51-49)35-33-34-36-46-52-50(40-54,42-58-46)44-60-48(56)38-32-30-28-26-24-22-20-18-16-14-12-10-8-6-4-2/h17-20,53-54H,3-16,21-44H2,1-2H3. The Labute approximate surface area is 365 Å². The summed E-state index contributed by atoms with van der Waals surface area (Å²) >= 11 is 0. The van der Waals surface area contributed by atoms with Crippen molar-refractivity contribution in [2.24, 2.45) is 9.98 Å². The average Bonchev–Trinajstić information content (AvgIpc) is 3.88. The second-order valence-corrected chi connectivity index (χ2v) is 17.6. The molecule has 0 bridgehead atoms. The number of rotatable bonds is 41. The highest BCUT2D eigenvalue weighted by atomic mass is 16.5. The molecule has 0 spiro atoms. The van der Waals surface area contributed by atoms with Crippen LogP contribution in [0.3, 0.4) is 0 Å². The highest BCUT2D eigenvalue weighted by molar-refractivity contribution is 5.79. The van der Waals surface area contributed by atoms with Gasteiger partial charge in [-0.2, -0.15) is 0 Å². The topological polar surface area (TPSA) is 136 Å². The molecule has 60 heavy (non-hydrogen) atoms. The number of allylic oxidation sites excluding steroid dienone is 4. The summed E-state index contributed by atoms with van der Waals surface area (Å²) in [6, 6.07) is 0. The molecule has 2 unspecified atom stereocenters. The van der Waals surface area contributed by atoms with E-state index >= 15 is 0 Å². The zero-order valence-electron chi connectivity index (χ0n) is 38.4. The number of carbonyl (C=O) groups excluding carboxylic acids is 2. The zero-order valence-corrected chi connectivity index (χ0v) is 38.4. The summed E-state index contributed by atoms with van der Waals surface area (Å²) in [5, 5.41) is 20.2. The molecule has 0 radical (unpaired) electrons. The smallest absolute Gasteiger partial charge is 0.305 e. The summed E-state index contributed by atoms with van der Waals surface area (Å²) in [7, 11) is 0. The molecule has 2 aliphatic rings. The Balaban J connectivity index is 1.50. The number of ether oxygens (including phenoxy) is 4. The van der Waals surface area contributed by atoms with Gasteiger partial charge < -0.3 is 29.2 Å². The van der Waals surface area contributed by atoms with Gasteiger partial charge in [0.2, 0.25) is 0 Å². The number of unbranched alkanes of at least 4 members (excludes halogenated alkanes) is 23. The molecule has 2 N–H and O–H groups in total. The van der Waals surface area contributed by atoms with Gasteiger partial charge in [-0.1, -0.05) is 141 Å². The zero-order chi connectivity index (χ0) is 43.3. The molecule has 0 saturated carbocycles. The maximum atomic E-state index is 12.4. The minimum atomic E-state index is -0.950. The van der Waals surface area contributed by atoms with E-state index in [0.717, 1.165) is 64.2 Å². The Morgan fingerprint density at radius 1 is 0.500 bits per heavy atom. The van der Waals surface area contributed by atoms with Crippen molar-refractivity contribution in [3.8, 4) is 0 Å². The fraction of sp³-hybridized carbons (Fsp3) is 0.840. The molecule has 346 valence electrons. The SMILES string of the molecule is CCCCCCCCC=CCCCCCCCC(=O)OCC1(CO)COC(CCCCC2=NC(CO)(COC(=O)CCCCCCCC=CCCCCCCCC)CO2)=N1. The molecular formula is C50H88N2O8. The van der Waals surface area contributed by atoms with E-state index < -0.39 is 11.1 Å². The van der Waals surface area contributed by atoms with Gasteiger partial charge in [0.1, 0.15) is 26.4 Å². The van der Waals surface area contributed by atoms with Crippen molar-refractivity contribution in [3.63, 3.8) is 0 Å². The van der Waals surface area contributed by atoms with E-state index in [1.165, 1.54) is 116 Å². The van der Waals surface area contributed by atoms with E-state index in [9.17, 15) is 19.8 Å². The van der Waals surface area contributed by atoms with Crippen LogP contribution in [0.25, 0.3) is 0 Å². The number of hydrogen-bond donors (Lipinski definition) is 2. The lowest BCUT2D eigenvalue weighted by Gasteiger charge is -2.20. The number of nitrogens with zero attached hydrogens (tertiary/aromatic N) is 2. The minimum absolute atomic E-state index is 0.00680. The molecule has 2 aliphatic heterocycles. The Bertz CT molecular complexity index is 1130. The fourth-order valence-corrected chi connectivity index (χ4v) is 7.56. The number of aliphatic hydroxyl groups excluding tert-OH is 2. The molecule has 0 aromatic heterocycles. The number of aliphatic imine (C=N–C) groups is 2. The molecule has 0 aliphatic carbocycles. The van der Waals surface area contributed by atoms with Crippen LogP contribution in [0.15, 0.2) is 34.3 Å². The van der Waals surface area contributed by atoms with Gasteiger partial charge in [-0.3, -0.25) is 9.59 Å². The van der Waals surface area contributed by atoms with Gasteiger partial charge in [0, 0.05) is 25.7 Å². The molecular weight excluding hydrogens is 757 g/mol. The number of hydrogen-bond acceptors (Lipinski definition) is 10. The quantitative estimate of drug-likeness (QED) is 0.0353. The molecule has 0 aromatic carbocycles. The van der Waals surface area contributed by atoms with E-state index in [-0.39, 0.29) is 51.6 Å². The molecule has 2 rings (SSSR count). The molecule has 10 heteroatoms. The van der Waals surface area contributed by atoms with Crippen LogP contribution in [0.2, 0.25) is 0 Å². The molecule has 2 atom stereocenters. The number of aliphatic hydroxyl groups is 2. The van der Waals surface area contributed by atoms with Crippen LogP contribution >= 0.6 is 0 Å². The second kappa shape index (κ2) is 35.8. The van der Waals surface area contributed by atoms with Gasteiger partial charge in [-0.25, -0.2) is 9.98 Å². The second-order valence-electron chi connectivity index (χ2n) is 17.6. The van der Waals surface area contributed by atoms with Gasteiger partial charge in [-0.05, 0) is 77.0 Å². The van der Waals surface area contributed by atoms with Crippen molar-refractivity contribution in [3.05, 3.63) is 24.3 Å². The van der Waals surface area contributed by atoms with Crippen molar-refractivity contribution >= 4 is 23.7 Å². The Kier molecular flexibility index (Phi) is 31.9. The Morgan fingerprint density at radius 2 is 0.817 bits per heavy atom. The van der Waals surface area contributed by atoms with Crippen LogP contribution in [0.4, 0.5) is 0 Å². The predicted octanol–water partition coefficient (Wildman–Crippen LogP) is 12.0. The lowest BCUT2D eigenvalue weighted by atomic mass is 10.1. The van der Waals surface area contributed by atoms with Gasteiger partial charge in [0.25, 0.3) is 0 Å². The lowest BCUT2D eigenvalue weighted by Crippen LogP contribution is -2.39. The summed E-state index contributed by atoms with van der Waals surface area (Å²) in [4.78, 5) is 34.1. The number of esters is 2. The first-order valence-electron chi connectivity index (χ1n) is 24.7. The summed E-state index contributed by atoms with van der Waals surface area (Å²) in [5.74, 6) is 0.589. The third-order valence-electron chi connectivity index (χ3n) is 11.6. The average molecular weight is 845 g/mol. The van der Waals surface area contributed by atoms with Gasteiger partial charge in [0.05, 0.1) is 13.2 Å². The maximum absolute atomic E-state index is 12.4. The molecule has 0 fully saturated rings. The number of carbonyl (C=O) groups is 2. The van der Waals surface area contributed by atoms with E-state index in [4.69, 9.17) is 18.9 Å². The maximum Gasteiger partial charge on any atom is 0.305 e. The summed E-state index contributed by atoms with van der Waals surface area (Å²) in [6.45, 7) is 4.38. The lowest BCUT2D eigenvalue weighted by molar-refractivity contribution is -0.147. The monoisotopic (exact) mass is 845 g/mol. The van der Waals surface area contributed by atoms with Gasteiger partial charge >= 0.3 is 11.9 Å². The highest BCUT2D eigenvalue weighted by Gasteiger charge is 2.39. The first kappa shape index (κ1) is 53.4. The van der Waals surface area contributed by atoms with E-state index in [0.29, 0.717) is 37.5 Å². The van der Waals surface area contributed by atoms with Crippen molar-refractivity contribution in [2.75, 3.05) is 39.6 Å². The molecule has 0 aromatic rings. The summed E-state index contributed by atoms with van der Waals surface area (Å²) in [5.41, 5.74) is -1.90. The Morgan fingerprint density at radius 3 is 1.15 bits per heavy atom. The van der Waals surface area contributed by atoms with Gasteiger partial charge in [-0.15, -0.1) is 0 Å². The first-order chi connectivity index (χ1) is 29.4. The summed E-state index contributed by atoms with van der Waals surface area (Å²) in [6.07, 6.45) is 44.2. The minimum Gasteiger partial charge on any atom is -0.478 e. The summed E-state index contributed by atoms with van der Waals surface area (Å²) < 4.78 is 22.6. The largest absolute Gasteiger partial charge is 0.478 e. The van der Waals surface area contributed by atoms with E-state index in [2.05, 4.69) is 48.1 Å². The van der Waals surface area contributed by atoms with Crippen molar-refractivity contribution in [2.45, 2.75) is 230 Å². The first-order valence-corrected chi connectivity index (χ1v) is 24.7. The predicted molar refractivity (Wildman–Crippen MR) is 246 cm³/mol. The molecule has 0 saturated heterocycles. The van der Waals surface area contributed by atoms with E-state index in [1.807, 2.05) is 0 Å². The van der Waals surface area contributed by atoms with Gasteiger partial charge in [0.15, 0.2) is 22.9 Å². The normalized spacial score (nSPS) is 18.9. The van der Waals surface area contributed by atoms with Crippen LogP contribution < -0.4 is 0 Å². The van der Waals surface area contributed by atoms with Crippen LogP contribution in [0.5, 0.6) is 0 Å². The third-order valence-corrected chi connectivity index (χ3v) is 11.6. The highest BCUT2D eigenvalue weighted by Crippen LogP contribution is 2.25. The molecule has 2 heterocycles. The van der Waals surface area contributed by atoms with Crippen molar-refractivity contribution < 1.29 is 38.7 Å². The van der Waals surface area contributed by atoms with Crippen molar-refractivity contribution in [1.82, 2.24) is 0 Å². The molecule has 10 nitrogen and oxygen atoms in total. The van der Waals surface area contributed by atoms with E-state index in [1.54, 1.807) is 0 Å². The Hall–Kier alpha value is -2.72. The van der Waals surface area contributed by atoms with Crippen LogP contribution in [0.1, 0.15) is 219 Å². The molecule has 0 amide bonds.